The lowest BCUT2D eigenvalue weighted by Crippen LogP contribution is -2.43. The van der Waals surface area contributed by atoms with E-state index in [9.17, 15) is 18.6 Å². The zero-order valence-corrected chi connectivity index (χ0v) is 17.0. The van der Waals surface area contributed by atoms with Crippen LogP contribution in [0.1, 0.15) is 51.6 Å². The van der Waals surface area contributed by atoms with Crippen LogP contribution in [-0.4, -0.2) is 36.0 Å². The van der Waals surface area contributed by atoms with Crippen LogP contribution in [0, 0.1) is 5.92 Å². The summed E-state index contributed by atoms with van der Waals surface area (Å²) in [6, 6.07) is 9.19. The molecule has 2 aliphatic rings. The Morgan fingerprint density at radius 2 is 1.93 bits per heavy atom. The maximum absolute atomic E-state index is 13.0. The van der Waals surface area contributed by atoms with Gasteiger partial charge in [0.25, 0.3) is 0 Å². The van der Waals surface area contributed by atoms with Gasteiger partial charge in [0.2, 0.25) is 0 Å². The van der Waals surface area contributed by atoms with Crippen molar-refractivity contribution in [3.05, 3.63) is 58.2 Å². The Balaban J connectivity index is 2.20. The molecule has 1 aromatic rings. The Morgan fingerprint density at radius 3 is 2.52 bits per heavy atom. The van der Waals surface area contributed by atoms with Crippen LogP contribution in [0.2, 0.25) is 0 Å². The summed E-state index contributed by atoms with van der Waals surface area (Å²) < 4.78 is 26.1. The summed E-state index contributed by atoms with van der Waals surface area (Å²) in [6.45, 7) is 5.78. The second-order valence-electron chi connectivity index (χ2n) is 7.73. The molecule has 3 N–H and O–H groups in total. The highest BCUT2D eigenvalue weighted by molar-refractivity contribution is 7.95. The molecule has 148 valence electrons. The van der Waals surface area contributed by atoms with Crippen molar-refractivity contribution in [1.82, 2.24) is 5.32 Å². The number of hydrogen-bond acceptors (Lipinski definition) is 5. The lowest BCUT2D eigenvalue weighted by molar-refractivity contribution is -0.0163. The van der Waals surface area contributed by atoms with E-state index >= 15 is 0 Å². The van der Waals surface area contributed by atoms with Gasteiger partial charge in [-0.15, -0.1) is 0 Å². The SMILES string of the molecule is CCC(C)C1(O)CC2=C(C=C1O)S(=O)(=O)C[C@@H](CC)N[C@@H]2c1ccccc1. The van der Waals surface area contributed by atoms with E-state index in [1.165, 1.54) is 6.08 Å². The van der Waals surface area contributed by atoms with Gasteiger partial charge in [-0.3, -0.25) is 0 Å². The van der Waals surface area contributed by atoms with Crippen LogP contribution in [0.3, 0.4) is 0 Å². The highest BCUT2D eigenvalue weighted by Gasteiger charge is 2.46. The third kappa shape index (κ3) is 3.58. The molecular weight excluding hydrogens is 362 g/mol. The average Bonchev–Trinajstić information content (AvgIpc) is 2.76. The van der Waals surface area contributed by atoms with Crippen molar-refractivity contribution in [3.8, 4) is 0 Å². The van der Waals surface area contributed by atoms with Gasteiger partial charge in [-0.2, -0.15) is 0 Å². The molecule has 4 atom stereocenters. The maximum atomic E-state index is 13.0. The minimum absolute atomic E-state index is 0.0167. The fourth-order valence-electron chi connectivity index (χ4n) is 4.03. The van der Waals surface area contributed by atoms with Gasteiger partial charge >= 0.3 is 0 Å². The first-order chi connectivity index (χ1) is 12.7. The molecular formula is C21H29NO4S. The monoisotopic (exact) mass is 391 g/mol. The third-order valence-corrected chi connectivity index (χ3v) is 7.94. The van der Waals surface area contributed by atoms with Crippen molar-refractivity contribution in [3.63, 3.8) is 0 Å². The van der Waals surface area contributed by atoms with Gasteiger partial charge in [0.1, 0.15) is 11.4 Å². The molecule has 1 aliphatic heterocycles. The Labute approximate surface area is 161 Å². The van der Waals surface area contributed by atoms with Crippen LogP contribution < -0.4 is 5.32 Å². The van der Waals surface area contributed by atoms with Crippen LogP contribution in [-0.2, 0) is 9.84 Å². The van der Waals surface area contributed by atoms with E-state index in [2.05, 4.69) is 5.32 Å². The molecule has 1 heterocycles. The van der Waals surface area contributed by atoms with Crippen LogP contribution in [0.15, 0.2) is 52.6 Å². The van der Waals surface area contributed by atoms with Crippen molar-refractivity contribution in [2.45, 2.75) is 57.7 Å². The molecule has 0 radical (unpaired) electrons. The van der Waals surface area contributed by atoms with Crippen LogP contribution in [0.5, 0.6) is 0 Å². The first-order valence-electron chi connectivity index (χ1n) is 9.63. The lowest BCUT2D eigenvalue weighted by atomic mass is 9.75. The van der Waals surface area contributed by atoms with Crippen molar-refractivity contribution < 1.29 is 18.6 Å². The first-order valence-corrected chi connectivity index (χ1v) is 11.3. The zero-order valence-electron chi connectivity index (χ0n) is 16.1. The molecule has 0 saturated heterocycles. The van der Waals surface area contributed by atoms with Gasteiger partial charge < -0.3 is 15.5 Å². The van der Waals surface area contributed by atoms with E-state index in [0.29, 0.717) is 18.4 Å². The molecule has 27 heavy (non-hydrogen) atoms. The predicted octanol–water partition coefficient (Wildman–Crippen LogP) is 3.40. The summed E-state index contributed by atoms with van der Waals surface area (Å²) in [7, 11) is -3.57. The molecule has 2 unspecified atom stereocenters. The molecule has 0 aromatic heterocycles. The molecule has 1 aromatic carbocycles. The fourth-order valence-corrected chi connectivity index (χ4v) is 5.95. The molecule has 0 fully saturated rings. The van der Waals surface area contributed by atoms with E-state index in [1.807, 2.05) is 51.1 Å². The summed E-state index contributed by atoms with van der Waals surface area (Å²) in [6.07, 6.45) is 2.73. The Kier molecular flexibility index (Phi) is 5.52. The van der Waals surface area contributed by atoms with Crippen LogP contribution in [0.4, 0.5) is 0 Å². The molecule has 5 nitrogen and oxygen atoms in total. The number of sulfone groups is 1. The second-order valence-corrected chi connectivity index (χ2v) is 9.73. The number of aliphatic hydroxyl groups excluding tert-OH is 1. The van der Waals surface area contributed by atoms with Gasteiger partial charge in [0, 0.05) is 12.5 Å². The van der Waals surface area contributed by atoms with E-state index in [0.717, 1.165) is 5.56 Å². The Hall–Kier alpha value is -1.63. The van der Waals surface area contributed by atoms with Crippen LogP contribution in [0.25, 0.3) is 0 Å². The molecule has 6 heteroatoms. The maximum Gasteiger partial charge on any atom is 0.180 e. The summed E-state index contributed by atoms with van der Waals surface area (Å²) in [4.78, 5) is 0.158. The van der Waals surface area contributed by atoms with Crippen molar-refractivity contribution in [1.29, 1.82) is 0 Å². The summed E-state index contributed by atoms with van der Waals surface area (Å²) >= 11 is 0. The molecule has 3 rings (SSSR count). The van der Waals surface area contributed by atoms with Gasteiger partial charge in [-0.05, 0) is 29.6 Å². The van der Waals surface area contributed by atoms with Crippen molar-refractivity contribution in [2.75, 3.05) is 5.75 Å². The minimum atomic E-state index is -3.57. The van der Waals surface area contributed by atoms with E-state index in [-0.39, 0.29) is 40.8 Å². The highest BCUT2D eigenvalue weighted by atomic mass is 32.2. The quantitative estimate of drug-likeness (QED) is 0.732. The molecule has 1 aliphatic carbocycles. The highest BCUT2D eigenvalue weighted by Crippen LogP contribution is 2.45. The largest absolute Gasteiger partial charge is 0.509 e. The van der Waals surface area contributed by atoms with Gasteiger partial charge in [0.15, 0.2) is 9.84 Å². The summed E-state index contributed by atoms with van der Waals surface area (Å²) in [5, 5.41) is 25.3. The Morgan fingerprint density at radius 1 is 1.26 bits per heavy atom. The minimum Gasteiger partial charge on any atom is -0.509 e. The topological polar surface area (TPSA) is 86.6 Å². The third-order valence-electron chi connectivity index (χ3n) is 6.05. The molecule has 0 bridgehead atoms. The number of aliphatic hydroxyl groups is 2. The molecule has 0 amide bonds. The van der Waals surface area contributed by atoms with Gasteiger partial charge in [-0.25, -0.2) is 8.42 Å². The number of hydrogen-bond donors (Lipinski definition) is 3. The predicted molar refractivity (Wildman–Crippen MR) is 107 cm³/mol. The smallest absolute Gasteiger partial charge is 0.180 e. The van der Waals surface area contributed by atoms with Crippen LogP contribution >= 0.6 is 0 Å². The normalized spacial score (nSPS) is 31.6. The fraction of sp³-hybridized carbons (Fsp3) is 0.524. The summed E-state index contributed by atoms with van der Waals surface area (Å²) in [5.74, 6) is -0.468. The van der Waals surface area contributed by atoms with E-state index < -0.39 is 15.4 Å². The zero-order chi connectivity index (χ0) is 19.8. The van der Waals surface area contributed by atoms with Crippen molar-refractivity contribution in [2.24, 2.45) is 5.92 Å². The van der Waals surface area contributed by atoms with Crippen molar-refractivity contribution >= 4 is 9.84 Å². The standard InChI is InChI=1S/C21H29NO4S/c1-4-14(3)21(24)12-17-18(11-19(21)23)27(25,26)13-16(5-2)22-20(17)15-9-7-6-8-10-15/h6-11,14,16,20,22-24H,4-5,12-13H2,1-3H3/t14?,16-,20-,21?/m1/s1. The van der Waals surface area contributed by atoms with Gasteiger partial charge in [-0.1, -0.05) is 57.5 Å². The van der Waals surface area contributed by atoms with E-state index in [1.54, 1.807) is 0 Å². The number of rotatable bonds is 4. The van der Waals surface area contributed by atoms with E-state index in [4.69, 9.17) is 0 Å². The second kappa shape index (κ2) is 7.41. The average molecular weight is 392 g/mol. The molecule has 0 saturated carbocycles. The number of benzene rings is 1. The lowest BCUT2D eigenvalue weighted by Gasteiger charge is -2.39. The first kappa shape index (κ1) is 20.1. The Bertz CT molecular complexity index is 859. The number of nitrogens with one attached hydrogen (secondary N) is 1. The summed E-state index contributed by atoms with van der Waals surface area (Å²) in [5.41, 5.74) is 0.142. The van der Waals surface area contributed by atoms with Gasteiger partial charge in [0.05, 0.1) is 16.7 Å². The molecule has 0 spiro atoms. The number of allylic oxidation sites excluding steroid dienone is 1.